The predicted molar refractivity (Wildman–Crippen MR) is 106 cm³/mol. The third-order valence-corrected chi connectivity index (χ3v) is 4.21. The molecule has 3 rings (SSSR count). The van der Waals surface area contributed by atoms with Crippen LogP contribution in [-0.2, 0) is 17.8 Å². The highest BCUT2D eigenvalue weighted by molar-refractivity contribution is 6.30. The van der Waals surface area contributed by atoms with E-state index in [4.69, 9.17) is 26.5 Å². The first-order chi connectivity index (χ1) is 13.5. The molecule has 3 aromatic rings. The highest BCUT2D eigenvalue weighted by Gasteiger charge is 2.12. The van der Waals surface area contributed by atoms with Crippen LogP contribution in [0.1, 0.15) is 16.7 Å². The minimum Gasteiger partial charge on any atom is -0.496 e. The summed E-state index contributed by atoms with van der Waals surface area (Å²) < 4.78 is 12.2. The Kier molecular flexibility index (Phi) is 6.29. The van der Waals surface area contributed by atoms with Crippen molar-refractivity contribution in [2.24, 2.45) is 0 Å². The van der Waals surface area contributed by atoms with Crippen molar-refractivity contribution in [3.8, 4) is 5.75 Å². The third-order valence-electron chi connectivity index (χ3n) is 3.97. The third kappa shape index (κ3) is 5.11. The van der Waals surface area contributed by atoms with E-state index in [1.807, 2.05) is 22.9 Å². The molecule has 0 unspecified atom stereocenters. The lowest BCUT2D eigenvalue weighted by Crippen LogP contribution is -2.26. The molecule has 2 aromatic carbocycles. The van der Waals surface area contributed by atoms with Gasteiger partial charge in [-0.25, -0.2) is 9.78 Å². The number of hydrogen-bond acceptors (Lipinski definition) is 5. The van der Waals surface area contributed by atoms with Gasteiger partial charge in [0.05, 0.1) is 13.4 Å². The number of imidazole rings is 1. The van der Waals surface area contributed by atoms with E-state index < -0.39 is 6.09 Å². The Bertz CT molecular complexity index is 973. The number of carbonyl (C=O) groups is 1. The van der Waals surface area contributed by atoms with Gasteiger partial charge in [-0.1, -0.05) is 23.7 Å². The molecular formula is C20H19ClN4O3. The van der Waals surface area contributed by atoms with Crippen molar-refractivity contribution in [3.05, 3.63) is 82.9 Å². The zero-order valence-electron chi connectivity index (χ0n) is 15.2. The second-order valence-electron chi connectivity index (χ2n) is 5.96. The maximum Gasteiger partial charge on any atom is 0.414 e. The number of amides is 1. The molecule has 1 aromatic heterocycles. The lowest BCUT2D eigenvalue weighted by atomic mass is 10.1. The quantitative estimate of drug-likeness (QED) is 0.487. The van der Waals surface area contributed by atoms with Crippen LogP contribution in [0.2, 0.25) is 5.02 Å². The largest absolute Gasteiger partial charge is 0.496 e. The number of aromatic nitrogens is 2. The van der Waals surface area contributed by atoms with Gasteiger partial charge in [0.1, 0.15) is 5.75 Å². The smallest absolute Gasteiger partial charge is 0.414 e. The van der Waals surface area contributed by atoms with Gasteiger partial charge in [0.2, 0.25) is 5.90 Å². The summed E-state index contributed by atoms with van der Waals surface area (Å²) in [5.74, 6) is 0.370. The fourth-order valence-corrected chi connectivity index (χ4v) is 2.84. The summed E-state index contributed by atoms with van der Waals surface area (Å²) in [5.41, 5.74) is 2.18. The number of nitrogens with zero attached hydrogens (tertiary/aromatic N) is 2. The highest BCUT2D eigenvalue weighted by atomic mass is 35.5. The maximum atomic E-state index is 12.1. The minimum absolute atomic E-state index is 0.163. The Morgan fingerprint density at radius 3 is 2.89 bits per heavy atom. The van der Waals surface area contributed by atoms with Gasteiger partial charge in [-0.15, -0.1) is 0 Å². The Morgan fingerprint density at radius 1 is 1.29 bits per heavy atom. The lowest BCUT2D eigenvalue weighted by molar-refractivity contribution is 0.196. The molecule has 0 bridgehead atoms. The van der Waals surface area contributed by atoms with Gasteiger partial charge in [0.25, 0.3) is 0 Å². The number of methoxy groups -OCH3 is 1. The summed E-state index contributed by atoms with van der Waals surface area (Å²) in [5, 5.41) is 11.2. The van der Waals surface area contributed by atoms with Gasteiger partial charge in [0, 0.05) is 41.6 Å². The number of carbonyl (C=O) groups excluding carboxylic acids is 1. The number of ether oxygens (including phenoxy) is 2. The predicted octanol–water partition coefficient (Wildman–Crippen LogP) is 3.85. The van der Waals surface area contributed by atoms with Crippen LogP contribution in [0, 0.1) is 5.41 Å². The molecule has 0 aliphatic carbocycles. The van der Waals surface area contributed by atoms with Crippen molar-refractivity contribution in [2.45, 2.75) is 13.1 Å². The van der Waals surface area contributed by atoms with Crippen LogP contribution >= 0.6 is 11.6 Å². The van der Waals surface area contributed by atoms with Crippen LogP contribution < -0.4 is 10.1 Å². The Hall–Kier alpha value is -3.32. The zero-order chi connectivity index (χ0) is 19.9. The molecule has 8 heteroatoms. The van der Waals surface area contributed by atoms with E-state index in [9.17, 15) is 4.79 Å². The standard InChI is InChI=1S/C20H19ClN4O3/c1-27-18-6-5-17(21)10-16(18)11-24-20(26)28-19(22)15-4-2-3-14(9-15)12-25-8-7-23-13-25/h2-10,13,22H,11-12H2,1H3,(H,24,26). The molecule has 28 heavy (non-hydrogen) atoms. The number of hydrogen-bond donors (Lipinski definition) is 2. The number of rotatable bonds is 6. The number of halogens is 1. The molecule has 0 aliphatic rings. The lowest BCUT2D eigenvalue weighted by Gasteiger charge is -2.11. The fraction of sp³-hybridized carbons (Fsp3) is 0.150. The molecule has 2 N–H and O–H groups in total. The van der Waals surface area contributed by atoms with E-state index in [2.05, 4.69) is 10.3 Å². The molecule has 0 aliphatic heterocycles. The first-order valence-corrected chi connectivity index (χ1v) is 8.84. The number of nitrogens with one attached hydrogen (secondary N) is 2. The first kappa shape index (κ1) is 19.4. The second-order valence-corrected chi connectivity index (χ2v) is 6.40. The van der Waals surface area contributed by atoms with E-state index >= 15 is 0 Å². The summed E-state index contributed by atoms with van der Waals surface area (Å²) >= 11 is 5.98. The van der Waals surface area contributed by atoms with Crippen LogP contribution in [0.15, 0.2) is 61.2 Å². The Labute approximate surface area is 167 Å². The second kappa shape index (κ2) is 9.05. The fourth-order valence-electron chi connectivity index (χ4n) is 2.64. The van der Waals surface area contributed by atoms with Crippen LogP contribution in [0.25, 0.3) is 0 Å². The monoisotopic (exact) mass is 398 g/mol. The molecule has 0 atom stereocenters. The zero-order valence-corrected chi connectivity index (χ0v) is 15.9. The SMILES string of the molecule is COc1ccc(Cl)cc1CNC(=O)OC(=N)c1cccc(Cn2ccnc2)c1. The van der Waals surface area contributed by atoms with Gasteiger partial charge in [0.15, 0.2) is 0 Å². The van der Waals surface area contributed by atoms with E-state index in [0.717, 1.165) is 5.56 Å². The summed E-state index contributed by atoms with van der Waals surface area (Å²) in [6.07, 6.45) is 4.54. The van der Waals surface area contributed by atoms with Crippen LogP contribution in [-0.4, -0.2) is 28.7 Å². The summed E-state index contributed by atoms with van der Waals surface area (Å²) in [7, 11) is 1.54. The molecule has 0 spiro atoms. The van der Waals surface area contributed by atoms with Gasteiger partial charge in [-0.05, 0) is 35.9 Å². The Morgan fingerprint density at radius 2 is 2.14 bits per heavy atom. The summed E-state index contributed by atoms with van der Waals surface area (Å²) in [6, 6.07) is 12.4. The highest BCUT2D eigenvalue weighted by Crippen LogP contribution is 2.22. The molecule has 1 heterocycles. The van der Waals surface area contributed by atoms with Gasteiger partial charge < -0.3 is 19.4 Å². The minimum atomic E-state index is -0.730. The van der Waals surface area contributed by atoms with Gasteiger partial charge in [-0.3, -0.25) is 5.41 Å². The average molecular weight is 399 g/mol. The summed E-state index contributed by atoms with van der Waals surface area (Å²) in [6.45, 7) is 0.776. The van der Waals surface area contributed by atoms with Crippen molar-refractivity contribution in [2.75, 3.05) is 7.11 Å². The number of alkyl carbamates (subject to hydrolysis) is 1. The molecule has 0 saturated carbocycles. The molecule has 7 nitrogen and oxygen atoms in total. The van der Waals surface area contributed by atoms with Gasteiger partial charge >= 0.3 is 6.09 Å². The summed E-state index contributed by atoms with van der Waals surface area (Å²) in [4.78, 5) is 16.1. The molecule has 0 fully saturated rings. The molecule has 0 radical (unpaired) electrons. The van der Waals surface area contributed by atoms with Crippen LogP contribution in [0.4, 0.5) is 4.79 Å². The van der Waals surface area contributed by atoms with Crippen molar-refractivity contribution in [1.29, 1.82) is 5.41 Å². The molecule has 0 saturated heterocycles. The molecular weight excluding hydrogens is 380 g/mol. The van der Waals surface area contributed by atoms with Crippen molar-refractivity contribution in [3.63, 3.8) is 0 Å². The van der Waals surface area contributed by atoms with Crippen molar-refractivity contribution >= 4 is 23.6 Å². The number of benzene rings is 2. The average Bonchev–Trinajstić information content (AvgIpc) is 3.19. The van der Waals surface area contributed by atoms with Crippen molar-refractivity contribution < 1.29 is 14.3 Å². The van der Waals surface area contributed by atoms with Crippen LogP contribution in [0.5, 0.6) is 5.75 Å². The maximum absolute atomic E-state index is 12.1. The Balaban J connectivity index is 1.58. The molecule has 1 amide bonds. The van der Waals surface area contributed by atoms with Crippen molar-refractivity contribution in [1.82, 2.24) is 14.9 Å². The van der Waals surface area contributed by atoms with E-state index in [0.29, 0.717) is 28.4 Å². The first-order valence-electron chi connectivity index (χ1n) is 8.47. The molecule has 144 valence electrons. The van der Waals surface area contributed by atoms with E-state index in [1.54, 1.807) is 42.9 Å². The topological polar surface area (TPSA) is 89.2 Å². The van der Waals surface area contributed by atoms with E-state index in [1.165, 1.54) is 7.11 Å². The van der Waals surface area contributed by atoms with Crippen LogP contribution in [0.3, 0.4) is 0 Å². The van der Waals surface area contributed by atoms with Gasteiger partial charge in [-0.2, -0.15) is 0 Å². The van der Waals surface area contributed by atoms with E-state index in [-0.39, 0.29) is 12.4 Å². The normalized spacial score (nSPS) is 10.4.